The number of nitrogens with zero attached hydrogens (tertiary/aromatic N) is 3. The van der Waals surface area contributed by atoms with Gasteiger partial charge in [0.1, 0.15) is 5.82 Å². The molecule has 8 heteroatoms. The lowest BCUT2D eigenvalue weighted by Gasteiger charge is -2.24. The quantitative estimate of drug-likeness (QED) is 0.544. The van der Waals surface area contributed by atoms with Gasteiger partial charge in [-0.25, -0.2) is 4.39 Å². The van der Waals surface area contributed by atoms with Crippen molar-refractivity contribution in [2.45, 2.75) is 45.2 Å². The molecule has 1 amide bonds. The fourth-order valence-electron chi connectivity index (χ4n) is 3.22. The van der Waals surface area contributed by atoms with Gasteiger partial charge in [-0.15, -0.1) is 0 Å². The number of guanidine groups is 1. The van der Waals surface area contributed by atoms with Gasteiger partial charge in [0.15, 0.2) is 5.96 Å². The highest BCUT2D eigenvalue weighted by atomic mass is 19.1. The lowest BCUT2D eigenvalue weighted by molar-refractivity contribution is -0.115. The number of benzene rings is 1. The van der Waals surface area contributed by atoms with Crippen LogP contribution in [0.3, 0.4) is 0 Å². The second-order valence-electron chi connectivity index (χ2n) is 7.24. The lowest BCUT2D eigenvalue weighted by Crippen LogP contribution is -2.47. The molecule has 1 aromatic heterocycles. The molecule has 0 saturated heterocycles. The van der Waals surface area contributed by atoms with Crippen molar-refractivity contribution < 1.29 is 9.18 Å². The summed E-state index contributed by atoms with van der Waals surface area (Å²) in [5.41, 5.74) is 2.86. The second-order valence-corrected chi connectivity index (χ2v) is 7.24. The standard InChI is InChI=1S/C20H27FN6O/c1-13(2)27-12-14-7-8-17(10-18(14)26-27)25-20(22-3)23-11-19(28)24-16-6-4-5-15(21)9-16/h4-6,9,12-13,17H,7-8,10-11H2,1-3H3,(H,24,28)(H2,22,23,25). The summed E-state index contributed by atoms with van der Waals surface area (Å²) in [5.74, 6) is -0.0962. The largest absolute Gasteiger partial charge is 0.353 e. The number of hydrogen-bond acceptors (Lipinski definition) is 3. The van der Waals surface area contributed by atoms with Crippen LogP contribution in [0.4, 0.5) is 10.1 Å². The molecule has 150 valence electrons. The molecule has 1 aromatic carbocycles. The van der Waals surface area contributed by atoms with Crippen LogP contribution in [0.1, 0.15) is 37.6 Å². The molecule has 1 aliphatic carbocycles. The van der Waals surface area contributed by atoms with E-state index in [9.17, 15) is 9.18 Å². The van der Waals surface area contributed by atoms with Gasteiger partial charge in [-0.2, -0.15) is 5.10 Å². The van der Waals surface area contributed by atoms with Gasteiger partial charge in [0.2, 0.25) is 5.91 Å². The number of carbonyl (C=O) groups excluding carboxylic acids is 1. The van der Waals surface area contributed by atoms with Gasteiger partial charge in [-0.3, -0.25) is 14.5 Å². The predicted molar refractivity (Wildman–Crippen MR) is 108 cm³/mol. The number of halogens is 1. The molecule has 1 heterocycles. The molecule has 0 radical (unpaired) electrons. The van der Waals surface area contributed by atoms with Crippen LogP contribution in [0.15, 0.2) is 35.5 Å². The number of aromatic nitrogens is 2. The average Bonchev–Trinajstić information content (AvgIpc) is 3.09. The van der Waals surface area contributed by atoms with E-state index in [2.05, 4.69) is 46.1 Å². The highest BCUT2D eigenvalue weighted by Gasteiger charge is 2.23. The number of hydrogen-bond donors (Lipinski definition) is 3. The van der Waals surface area contributed by atoms with E-state index in [0.29, 0.717) is 17.7 Å². The zero-order valence-corrected chi connectivity index (χ0v) is 16.5. The molecule has 3 rings (SSSR count). The number of carbonyl (C=O) groups is 1. The van der Waals surface area contributed by atoms with E-state index in [0.717, 1.165) is 25.0 Å². The smallest absolute Gasteiger partial charge is 0.243 e. The van der Waals surface area contributed by atoms with Crippen LogP contribution >= 0.6 is 0 Å². The molecule has 0 bridgehead atoms. The van der Waals surface area contributed by atoms with Crippen molar-refractivity contribution >= 4 is 17.6 Å². The summed E-state index contributed by atoms with van der Waals surface area (Å²) in [6, 6.07) is 6.37. The van der Waals surface area contributed by atoms with Crippen molar-refractivity contribution in [2.75, 3.05) is 18.9 Å². The topological polar surface area (TPSA) is 83.3 Å². The van der Waals surface area contributed by atoms with Gasteiger partial charge >= 0.3 is 0 Å². The van der Waals surface area contributed by atoms with E-state index in [1.54, 1.807) is 19.2 Å². The third-order valence-electron chi connectivity index (χ3n) is 4.72. The molecule has 3 N–H and O–H groups in total. The summed E-state index contributed by atoms with van der Waals surface area (Å²) >= 11 is 0. The first-order valence-electron chi connectivity index (χ1n) is 9.54. The fourth-order valence-corrected chi connectivity index (χ4v) is 3.22. The fraction of sp³-hybridized carbons (Fsp3) is 0.450. The molecule has 0 fully saturated rings. The van der Waals surface area contributed by atoms with E-state index < -0.39 is 0 Å². The average molecular weight is 386 g/mol. The maximum Gasteiger partial charge on any atom is 0.243 e. The van der Waals surface area contributed by atoms with E-state index >= 15 is 0 Å². The monoisotopic (exact) mass is 386 g/mol. The molecule has 0 aliphatic heterocycles. The molecular weight excluding hydrogens is 359 g/mol. The Morgan fingerprint density at radius 1 is 1.43 bits per heavy atom. The van der Waals surface area contributed by atoms with Crippen LogP contribution in [0, 0.1) is 5.82 Å². The molecule has 7 nitrogen and oxygen atoms in total. The third kappa shape index (κ3) is 5.09. The van der Waals surface area contributed by atoms with Gasteiger partial charge < -0.3 is 16.0 Å². The van der Waals surface area contributed by atoms with Crippen molar-refractivity contribution in [3.05, 3.63) is 47.5 Å². The molecule has 1 aliphatic rings. The summed E-state index contributed by atoms with van der Waals surface area (Å²) in [6.45, 7) is 4.28. The number of aliphatic imine (C=N–C) groups is 1. The summed E-state index contributed by atoms with van der Waals surface area (Å²) in [6.07, 6.45) is 4.91. The SMILES string of the molecule is CN=C(NCC(=O)Nc1cccc(F)c1)NC1CCc2cn(C(C)C)nc2C1. The van der Waals surface area contributed by atoms with Crippen LogP contribution in [0.25, 0.3) is 0 Å². The van der Waals surface area contributed by atoms with Gasteiger partial charge in [0.05, 0.1) is 12.2 Å². The highest BCUT2D eigenvalue weighted by Crippen LogP contribution is 2.21. The van der Waals surface area contributed by atoms with Gasteiger partial charge in [-0.05, 0) is 50.5 Å². The minimum Gasteiger partial charge on any atom is -0.353 e. The highest BCUT2D eigenvalue weighted by molar-refractivity contribution is 5.95. The number of anilines is 1. The van der Waals surface area contributed by atoms with E-state index in [-0.39, 0.29) is 24.3 Å². The molecule has 0 saturated carbocycles. The third-order valence-corrected chi connectivity index (χ3v) is 4.72. The van der Waals surface area contributed by atoms with Crippen LogP contribution < -0.4 is 16.0 Å². The summed E-state index contributed by atoms with van der Waals surface area (Å²) in [7, 11) is 1.67. The second kappa shape index (κ2) is 8.86. The Hall–Kier alpha value is -2.90. The summed E-state index contributed by atoms with van der Waals surface area (Å²) < 4.78 is 15.2. The number of amides is 1. The Kier molecular flexibility index (Phi) is 6.28. The zero-order valence-electron chi connectivity index (χ0n) is 16.5. The first-order chi connectivity index (χ1) is 13.4. The number of rotatable bonds is 5. The van der Waals surface area contributed by atoms with Crippen molar-refractivity contribution in [3.63, 3.8) is 0 Å². The Morgan fingerprint density at radius 2 is 2.25 bits per heavy atom. The van der Waals surface area contributed by atoms with E-state index in [1.165, 1.54) is 17.7 Å². The molecule has 2 aromatic rings. The van der Waals surface area contributed by atoms with Crippen LogP contribution in [-0.2, 0) is 17.6 Å². The molecule has 28 heavy (non-hydrogen) atoms. The minimum absolute atomic E-state index is 0.0378. The molecule has 0 spiro atoms. The summed E-state index contributed by atoms with van der Waals surface area (Å²) in [4.78, 5) is 16.3. The van der Waals surface area contributed by atoms with Crippen LogP contribution in [-0.4, -0.2) is 41.3 Å². The molecular formula is C20H27FN6O. The zero-order chi connectivity index (χ0) is 20.1. The first kappa shape index (κ1) is 19.9. The van der Waals surface area contributed by atoms with Crippen molar-refractivity contribution in [1.82, 2.24) is 20.4 Å². The van der Waals surface area contributed by atoms with Crippen molar-refractivity contribution in [2.24, 2.45) is 4.99 Å². The Bertz CT molecular complexity index is 860. The van der Waals surface area contributed by atoms with Crippen molar-refractivity contribution in [1.29, 1.82) is 0 Å². The molecule has 1 atom stereocenters. The summed E-state index contributed by atoms with van der Waals surface area (Å²) in [5, 5.41) is 13.7. The number of fused-ring (bicyclic) bond motifs is 1. The number of nitrogens with one attached hydrogen (secondary N) is 3. The number of aryl methyl sites for hydroxylation is 1. The van der Waals surface area contributed by atoms with Crippen molar-refractivity contribution in [3.8, 4) is 0 Å². The minimum atomic E-state index is -0.389. The van der Waals surface area contributed by atoms with E-state index in [4.69, 9.17) is 0 Å². The maximum absolute atomic E-state index is 13.2. The first-order valence-corrected chi connectivity index (χ1v) is 9.54. The van der Waals surface area contributed by atoms with Gasteiger partial charge in [0, 0.05) is 37.4 Å². The Labute approximate surface area is 164 Å². The Morgan fingerprint density at radius 3 is 2.96 bits per heavy atom. The normalized spacial score (nSPS) is 16.6. The van der Waals surface area contributed by atoms with Crippen LogP contribution in [0.2, 0.25) is 0 Å². The van der Waals surface area contributed by atoms with Gasteiger partial charge in [0.25, 0.3) is 0 Å². The maximum atomic E-state index is 13.2. The lowest BCUT2D eigenvalue weighted by atomic mass is 9.94. The van der Waals surface area contributed by atoms with Crippen LogP contribution in [0.5, 0.6) is 0 Å². The predicted octanol–water partition coefficient (Wildman–Crippen LogP) is 2.26. The Balaban J connectivity index is 1.50. The molecule has 1 unspecified atom stereocenters. The van der Waals surface area contributed by atoms with Gasteiger partial charge in [-0.1, -0.05) is 6.07 Å². The van der Waals surface area contributed by atoms with E-state index in [1.807, 2.05) is 4.68 Å².